The predicted molar refractivity (Wildman–Crippen MR) is 186 cm³/mol. The number of piperidine rings is 1. The molecule has 2 saturated heterocycles. The summed E-state index contributed by atoms with van der Waals surface area (Å²) >= 11 is 0. The number of nitrogens with zero attached hydrogens (tertiary/aromatic N) is 4. The maximum atomic E-state index is 14.1. The normalized spacial score (nSPS) is 20.4. The highest BCUT2D eigenvalue weighted by Gasteiger charge is 2.40. The monoisotopic (exact) mass is 668 g/mol. The summed E-state index contributed by atoms with van der Waals surface area (Å²) in [6.45, 7) is 17.1. The van der Waals surface area contributed by atoms with Gasteiger partial charge in [-0.3, -0.25) is 34.2 Å². The maximum Gasteiger partial charge on any atom is 0.269 e. The molecule has 48 heavy (non-hydrogen) atoms. The van der Waals surface area contributed by atoms with Gasteiger partial charge in [0.15, 0.2) is 0 Å². The lowest BCUT2D eigenvalue weighted by Crippen LogP contribution is -2.60. The van der Waals surface area contributed by atoms with Crippen molar-refractivity contribution in [2.45, 2.75) is 124 Å². The van der Waals surface area contributed by atoms with Crippen molar-refractivity contribution in [3.05, 3.63) is 51.6 Å². The van der Waals surface area contributed by atoms with E-state index in [0.29, 0.717) is 30.5 Å². The Morgan fingerprint density at radius 1 is 1.02 bits per heavy atom. The second-order valence-corrected chi connectivity index (χ2v) is 15.0. The van der Waals surface area contributed by atoms with Crippen LogP contribution in [0.2, 0.25) is 0 Å². The Labute approximate surface area is 285 Å². The number of hydrogen-bond acceptors (Lipinski definition) is 7. The molecule has 2 heterocycles. The van der Waals surface area contributed by atoms with Crippen LogP contribution in [0.5, 0.6) is 0 Å². The van der Waals surface area contributed by atoms with Crippen molar-refractivity contribution in [3.8, 4) is 0 Å². The van der Waals surface area contributed by atoms with E-state index in [2.05, 4.69) is 29.4 Å². The molecular weight excluding hydrogens is 612 g/mol. The van der Waals surface area contributed by atoms with E-state index >= 15 is 0 Å². The molecule has 0 saturated carbocycles. The molecule has 0 radical (unpaired) electrons. The molecular formula is C36H56N6O6. The zero-order chi connectivity index (χ0) is 35.9. The Balaban J connectivity index is 1.74. The van der Waals surface area contributed by atoms with Crippen molar-refractivity contribution in [3.63, 3.8) is 0 Å². The molecule has 0 aliphatic carbocycles. The first kappa shape index (κ1) is 38.6. The number of carbonyl (C=O) groups is 4. The van der Waals surface area contributed by atoms with Gasteiger partial charge in [-0.05, 0) is 69.9 Å². The number of rotatable bonds is 12. The highest BCUT2D eigenvalue weighted by Crippen LogP contribution is 2.27. The van der Waals surface area contributed by atoms with Gasteiger partial charge < -0.3 is 20.4 Å². The lowest BCUT2D eigenvalue weighted by molar-refractivity contribution is -0.384. The number of hydrogen-bond donors (Lipinski definition) is 2. The highest BCUT2D eigenvalue weighted by molar-refractivity contribution is 5.97. The van der Waals surface area contributed by atoms with E-state index in [1.54, 1.807) is 42.0 Å². The molecule has 2 aliphatic rings. The van der Waals surface area contributed by atoms with Crippen molar-refractivity contribution >= 4 is 29.3 Å². The molecule has 1 aromatic rings. The number of carbonyl (C=O) groups excluding carboxylic acids is 4. The van der Waals surface area contributed by atoms with Crippen molar-refractivity contribution in [1.29, 1.82) is 0 Å². The standard InChI is InChI=1S/C36H56N6O6/c1-23(2)30(39(9)35(46)31(36(6,7)8)38-33(44)29-16-10-11-18-40(29)24(3)4)20-25(5)34(45)41-19-13-17-28(41)32(43)37-22-26-14-12-15-27(21-26)42(47)48/h12,14-15,20-21,23-24,28-31H,10-11,13,16-19,22H2,1-9H3,(H,37,43)(H,38,44)/b25-20+. The van der Waals surface area contributed by atoms with Gasteiger partial charge in [0.25, 0.3) is 5.69 Å². The number of amides is 4. The summed E-state index contributed by atoms with van der Waals surface area (Å²) in [7, 11) is 1.72. The van der Waals surface area contributed by atoms with E-state index in [1.165, 1.54) is 12.1 Å². The SMILES string of the molecule is C/C(=C\C(C(C)C)N(C)C(=O)C(NC(=O)C1CCCCN1C(C)C)C(C)(C)C)C(=O)N1CCCC1C(=O)NCc1cccc([N+](=O)[O-])c1. The van der Waals surface area contributed by atoms with Crippen molar-refractivity contribution in [2.24, 2.45) is 11.3 Å². The van der Waals surface area contributed by atoms with Crippen molar-refractivity contribution < 1.29 is 24.1 Å². The van der Waals surface area contributed by atoms with Crippen LogP contribution < -0.4 is 10.6 Å². The molecule has 0 aromatic heterocycles. The van der Waals surface area contributed by atoms with Crippen LogP contribution in [0.25, 0.3) is 0 Å². The number of benzene rings is 1. The van der Waals surface area contributed by atoms with Crippen LogP contribution in [0.4, 0.5) is 5.69 Å². The zero-order valence-corrected chi connectivity index (χ0v) is 30.2. The van der Waals surface area contributed by atoms with Gasteiger partial charge in [-0.25, -0.2) is 0 Å². The Kier molecular flexibility index (Phi) is 13.3. The van der Waals surface area contributed by atoms with E-state index in [-0.39, 0.29) is 53.9 Å². The quantitative estimate of drug-likeness (QED) is 0.191. The van der Waals surface area contributed by atoms with Gasteiger partial charge in [0.2, 0.25) is 23.6 Å². The van der Waals surface area contributed by atoms with Crippen LogP contribution in [0.1, 0.15) is 93.1 Å². The number of nitro groups is 1. The number of likely N-dealkylation sites (N-methyl/N-ethyl adjacent to an activating group) is 1. The molecule has 2 N–H and O–H groups in total. The van der Waals surface area contributed by atoms with E-state index in [9.17, 15) is 29.3 Å². The maximum absolute atomic E-state index is 14.1. The summed E-state index contributed by atoms with van der Waals surface area (Å²) in [6, 6.07) is 4.15. The molecule has 3 rings (SSSR count). The Morgan fingerprint density at radius 2 is 1.69 bits per heavy atom. The van der Waals surface area contributed by atoms with Gasteiger partial charge in [-0.15, -0.1) is 0 Å². The third-order valence-electron chi connectivity index (χ3n) is 9.55. The largest absolute Gasteiger partial charge is 0.350 e. The summed E-state index contributed by atoms with van der Waals surface area (Å²) in [5.41, 5.74) is 0.409. The van der Waals surface area contributed by atoms with Gasteiger partial charge in [0.1, 0.15) is 12.1 Å². The number of non-ortho nitro benzene ring substituents is 1. The molecule has 266 valence electrons. The van der Waals surface area contributed by atoms with Crippen molar-refractivity contribution in [2.75, 3.05) is 20.1 Å². The van der Waals surface area contributed by atoms with Crippen LogP contribution in [0.3, 0.4) is 0 Å². The minimum Gasteiger partial charge on any atom is -0.350 e. The van der Waals surface area contributed by atoms with Crippen LogP contribution in [-0.4, -0.2) is 93.6 Å². The van der Waals surface area contributed by atoms with Crippen LogP contribution in [-0.2, 0) is 25.7 Å². The van der Waals surface area contributed by atoms with Gasteiger partial charge >= 0.3 is 0 Å². The average molecular weight is 669 g/mol. The first-order valence-electron chi connectivity index (χ1n) is 17.3. The smallest absolute Gasteiger partial charge is 0.269 e. The third kappa shape index (κ3) is 9.64. The minimum atomic E-state index is -0.769. The van der Waals surface area contributed by atoms with E-state index < -0.39 is 28.5 Å². The Hall–Kier alpha value is -3.80. The third-order valence-corrected chi connectivity index (χ3v) is 9.55. The second kappa shape index (κ2) is 16.5. The van der Waals surface area contributed by atoms with Gasteiger partial charge in [0, 0.05) is 43.9 Å². The molecule has 1 aromatic carbocycles. The van der Waals surface area contributed by atoms with E-state index in [0.717, 1.165) is 25.8 Å². The van der Waals surface area contributed by atoms with Gasteiger partial charge in [-0.1, -0.05) is 59.2 Å². The van der Waals surface area contributed by atoms with Gasteiger partial charge in [0.05, 0.1) is 17.0 Å². The minimum absolute atomic E-state index is 0.0413. The summed E-state index contributed by atoms with van der Waals surface area (Å²) in [4.78, 5) is 70.7. The molecule has 0 bridgehead atoms. The molecule has 4 amide bonds. The fraction of sp³-hybridized carbons (Fsp3) is 0.667. The molecule has 4 unspecified atom stereocenters. The lowest BCUT2D eigenvalue weighted by atomic mass is 9.84. The summed E-state index contributed by atoms with van der Waals surface area (Å²) in [5.74, 6) is -0.985. The first-order chi connectivity index (χ1) is 22.4. The zero-order valence-electron chi connectivity index (χ0n) is 30.2. The molecule has 0 spiro atoms. The average Bonchev–Trinajstić information content (AvgIpc) is 3.53. The number of likely N-dealkylation sites (tertiary alicyclic amines) is 2. The van der Waals surface area contributed by atoms with Gasteiger partial charge in [-0.2, -0.15) is 0 Å². The van der Waals surface area contributed by atoms with Crippen LogP contribution in [0.15, 0.2) is 35.9 Å². The lowest BCUT2D eigenvalue weighted by Gasteiger charge is -2.41. The first-order valence-corrected chi connectivity index (χ1v) is 17.3. The fourth-order valence-electron chi connectivity index (χ4n) is 6.77. The molecule has 12 nitrogen and oxygen atoms in total. The topological polar surface area (TPSA) is 145 Å². The Morgan fingerprint density at radius 3 is 2.29 bits per heavy atom. The van der Waals surface area contributed by atoms with E-state index in [1.807, 2.05) is 34.6 Å². The molecule has 12 heteroatoms. The predicted octanol–water partition coefficient (Wildman–Crippen LogP) is 4.43. The summed E-state index contributed by atoms with van der Waals surface area (Å²) in [5, 5.41) is 17.1. The molecule has 2 aliphatic heterocycles. The number of nitro benzene ring substituents is 1. The Bertz CT molecular complexity index is 1370. The second-order valence-electron chi connectivity index (χ2n) is 15.0. The van der Waals surface area contributed by atoms with Crippen molar-refractivity contribution in [1.82, 2.24) is 25.3 Å². The highest BCUT2D eigenvalue weighted by atomic mass is 16.6. The summed E-state index contributed by atoms with van der Waals surface area (Å²) < 4.78 is 0. The molecule has 4 atom stereocenters. The molecule has 2 fully saturated rings. The summed E-state index contributed by atoms with van der Waals surface area (Å²) in [6.07, 6.45) is 5.75. The van der Waals surface area contributed by atoms with E-state index in [4.69, 9.17) is 0 Å². The van der Waals surface area contributed by atoms with Crippen LogP contribution in [0, 0.1) is 21.4 Å². The van der Waals surface area contributed by atoms with Crippen LogP contribution >= 0.6 is 0 Å². The number of nitrogens with one attached hydrogen (secondary N) is 2. The fourth-order valence-corrected chi connectivity index (χ4v) is 6.77.